The molecular formula is C11H12N2O5S. The van der Waals surface area contributed by atoms with Crippen LogP contribution in [-0.2, 0) is 26.3 Å². The van der Waals surface area contributed by atoms with Crippen LogP contribution in [0.15, 0.2) is 30.3 Å². The van der Waals surface area contributed by atoms with Gasteiger partial charge in [0.1, 0.15) is 0 Å². The van der Waals surface area contributed by atoms with Crippen molar-refractivity contribution in [3.8, 4) is 0 Å². The van der Waals surface area contributed by atoms with Crippen molar-refractivity contribution >= 4 is 22.0 Å². The predicted octanol–water partition coefficient (Wildman–Crippen LogP) is -0.859. The molecule has 8 heteroatoms. The molecule has 19 heavy (non-hydrogen) atoms. The lowest BCUT2D eigenvalue weighted by atomic mass is 9.84. The zero-order valence-corrected chi connectivity index (χ0v) is 10.6. The Morgan fingerprint density at radius 3 is 2.42 bits per heavy atom. The number of Topliss-reactive ketones (excluding diaryl/α,β-unsaturated/α-hetero) is 1. The van der Waals surface area contributed by atoms with Crippen LogP contribution < -0.4 is 5.73 Å². The summed E-state index contributed by atoms with van der Waals surface area (Å²) in [6.07, 6.45) is -0.0671. The van der Waals surface area contributed by atoms with Gasteiger partial charge in [-0.05, 0) is 5.56 Å². The highest BCUT2D eigenvalue weighted by atomic mass is 32.2. The summed E-state index contributed by atoms with van der Waals surface area (Å²) in [5.74, 6) is -1.68. The van der Waals surface area contributed by atoms with E-state index in [1.165, 1.54) is 0 Å². The molecule has 1 amide bonds. The summed E-state index contributed by atoms with van der Waals surface area (Å²) in [7, 11) is -4.64. The first kappa shape index (κ1) is 13.7. The van der Waals surface area contributed by atoms with Gasteiger partial charge in [-0.2, -0.15) is 8.42 Å². The Bertz CT molecular complexity index is 628. The highest BCUT2D eigenvalue weighted by Crippen LogP contribution is 2.25. The molecule has 0 aromatic heterocycles. The van der Waals surface area contributed by atoms with Gasteiger partial charge in [-0.3, -0.25) is 14.1 Å². The van der Waals surface area contributed by atoms with Gasteiger partial charge in [-0.15, -0.1) is 0 Å². The molecule has 1 saturated heterocycles. The topological polar surface area (TPSA) is 118 Å². The third kappa shape index (κ3) is 2.37. The van der Waals surface area contributed by atoms with E-state index < -0.39 is 34.1 Å². The maximum absolute atomic E-state index is 12.0. The van der Waals surface area contributed by atoms with Crippen molar-refractivity contribution < 1.29 is 22.6 Å². The molecule has 1 unspecified atom stereocenters. The molecule has 7 nitrogen and oxygen atoms in total. The van der Waals surface area contributed by atoms with Crippen LogP contribution in [0.5, 0.6) is 0 Å². The molecule has 2 rings (SSSR count). The van der Waals surface area contributed by atoms with Crippen molar-refractivity contribution in [1.29, 1.82) is 0 Å². The molecule has 0 aliphatic carbocycles. The smallest absolute Gasteiger partial charge is 0.310 e. The van der Waals surface area contributed by atoms with Crippen molar-refractivity contribution in [3.63, 3.8) is 0 Å². The van der Waals surface area contributed by atoms with Gasteiger partial charge in [-0.1, -0.05) is 30.3 Å². The lowest BCUT2D eigenvalue weighted by molar-refractivity contribution is -0.149. The largest absolute Gasteiger partial charge is 0.362 e. The van der Waals surface area contributed by atoms with Crippen LogP contribution in [0.4, 0.5) is 0 Å². The molecule has 1 aliphatic heterocycles. The van der Waals surface area contributed by atoms with E-state index in [1.54, 1.807) is 30.3 Å². The minimum Gasteiger partial charge on any atom is -0.310 e. The van der Waals surface area contributed by atoms with Crippen LogP contribution in [0.3, 0.4) is 0 Å². The maximum Gasteiger partial charge on any atom is 0.362 e. The first-order valence-electron chi connectivity index (χ1n) is 5.41. The lowest BCUT2D eigenvalue weighted by Gasteiger charge is -2.42. The molecular weight excluding hydrogens is 272 g/mol. The number of amides is 1. The quantitative estimate of drug-likeness (QED) is 0.422. The minimum atomic E-state index is -4.64. The summed E-state index contributed by atoms with van der Waals surface area (Å²) in [6.45, 7) is -0.531. The number of ketones is 1. The molecule has 1 aliphatic rings. The average Bonchev–Trinajstić information content (AvgIpc) is 2.34. The second kappa shape index (κ2) is 4.41. The van der Waals surface area contributed by atoms with Gasteiger partial charge in [0.2, 0.25) is 0 Å². The van der Waals surface area contributed by atoms with Crippen molar-refractivity contribution in [2.24, 2.45) is 5.73 Å². The number of nitrogens with zero attached hydrogens (tertiary/aromatic N) is 1. The molecule has 1 fully saturated rings. The second-order valence-corrected chi connectivity index (χ2v) is 5.68. The summed E-state index contributed by atoms with van der Waals surface area (Å²) >= 11 is 0. The maximum atomic E-state index is 12.0. The van der Waals surface area contributed by atoms with Gasteiger partial charge in [0.05, 0.1) is 6.54 Å². The van der Waals surface area contributed by atoms with Gasteiger partial charge in [0, 0.05) is 6.42 Å². The van der Waals surface area contributed by atoms with Crippen LogP contribution in [-0.4, -0.2) is 41.0 Å². The Morgan fingerprint density at radius 2 is 1.95 bits per heavy atom. The Morgan fingerprint density at radius 1 is 1.37 bits per heavy atom. The van der Waals surface area contributed by atoms with E-state index in [2.05, 4.69) is 0 Å². The normalized spacial score (nSPS) is 23.1. The molecule has 0 saturated carbocycles. The highest BCUT2D eigenvalue weighted by Gasteiger charge is 2.58. The van der Waals surface area contributed by atoms with Gasteiger partial charge in [0.15, 0.2) is 11.3 Å². The summed E-state index contributed by atoms with van der Waals surface area (Å²) in [6, 6.07) is 8.65. The third-order valence-electron chi connectivity index (χ3n) is 2.98. The fourth-order valence-corrected chi connectivity index (χ4v) is 2.57. The first-order chi connectivity index (χ1) is 8.75. The van der Waals surface area contributed by atoms with E-state index in [0.717, 1.165) is 0 Å². The summed E-state index contributed by atoms with van der Waals surface area (Å²) in [4.78, 5) is 23.6. The van der Waals surface area contributed by atoms with Gasteiger partial charge >= 0.3 is 10.3 Å². The van der Waals surface area contributed by atoms with E-state index in [4.69, 9.17) is 10.3 Å². The minimum absolute atomic E-state index is 0.0671. The highest BCUT2D eigenvalue weighted by molar-refractivity contribution is 7.84. The number of benzene rings is 1. The van der Waals surface area contributed by atoms with Crippen molar-refractivity contribution in [3.05, 3.63) is 35.9 Å². The number of nitrogens with two attached hydrogens (primary N) is 1. The second-order valence-electron chi connectivity index (χ2n) is 4.35. The van der Waals surface area contributed by atoms with Gasteiger partial charge < -0.3 is 5.73 Å². The Hall–Kier alpha value is -1.77. The third-order valence-corrected chi connectivity index (χ3v) is 3.84. The van der Waals surface area contributed by atoms with Crippen molar-refractivity contribution in [2.45, 2.75) is 12.0 Å². The van der Waals surface area contributed by atoms with Crippen LogP contribution in [0.2, 0.25) is 0 Å². The van der Waals surface area contributed by atoms with Crippen LogP contribution in [0.1, 0.15) is 5.56 Å². The fraction of sp³-hybridized carbons (Fsp3) is 0.273. The van der Waals surface area contributed by atoms with Gasteiger partial charge in [-0.25, -0.2) is 4.31 Å². The van der Waals surface area contributed by atoms with Gasteiger partial charge in [0.25, 0.3) is 5.91 Å². The monoisotopic (exact) mass is 284 g/mol. The fourth-order valence-electron chi connectivity index (χ4n) is 1.83. The molecule has 3 N–H and O–H groups in total. The summed E-state index contributed by atoms with van der Waals surface area (Å²) in [5, 5.41) is 0. The van der Waals surface area contributed by atoms with Crippen LogP contribution >= 0.6 is 0 Å². The first-order valence-corrected chi connectivity index (χ1v) is 6.80. The molecule has 0 bridgehead atoms. The lowest BCUT2D eigenvalue weighted by Crippen LogP contribution is -2.76. The van der Waals surface area contributed by atoms with E-state index in [0.29, 0.717) is 5.56 Å². The molecule has 1 aromatic rings. The Kier molecular flexibility index (Phi) is 3.17. The summed E-state index contributed by atoms with van der Waals surface area (Å²) < 4.78 is 30.5. The Labute approximate surface area is 109 Å². The number of β-lactam (4-membered cyclic amide) rings is 1. The van der Waals surface area contributed by atoms with Crippen molar-refractivity contribution in [2.75, 3.05) is 6.54 Å². The number of rotatable bonds is 4. The molecule has 102 valence electrons. The van der Waals surface area contributed by atoms with E-state index in [9.17, 15) is 18.0 Å². The van der Waals surface area contributed by atoms with Crippen LogP contribution in [0.25, 0.3) is 0 Å². The van der Waals surface area contributed by atoms with E-state index >= 15 is 0 Å². The average molecular weight is 284 g/mol. The van der Waals surface area contributed by atoms with E-state index in [-0.39, 0.29) is 10.7 Å². The molecule has 0 spiro atoms. The Balaban J connectivity index is 2.12. The number of carbonyl (C=O) groups excluding carboxylic acids is 2. The van der Waals surface area contributed by atoms with Crippen molar-refractivity contribution in [1.82, 2.24) is 4.31 Å². The molecule has 1 aromatic carbocycles. The molecule has 0 radical (unpaired) electrons. The molecule has 1 atom stereocenters. The predicted molar refractivity (Wildman–Crippen MR) is 65.3 cm³/mol. The van der Waals surface area contributed by atoms with Crippen LogP contribution in [0, 0.1) is 0 Å². The number of hydrogen-bond acceptors (Lipinski definition) is 5. The van der Waals surface area contributed by atoms with E-state index in [1.807, 2.05) is 0 Å². The molecule has 1 heterocycles. The summed E-state index contributed by atoms with van der Waals surface area (Å²) in [5.41, 5.74) is 4.42. The zero-order chi connectivity index (χ0) is 14.3. The SMILES string of the molecule is NC1(C(=O)Cc2ccccc2)CN(S(=O)(=O)O)C1=O. The zero-order valence-electron chi connectivity index (χ0n) is 9.81. The number of hydrogen-bond donors (Lipinski definition) is 2. The standard InChI is InChI=1S/C11H12N2O5S/c12-11(7-13(10(11)15)19(16,17)18)9(14)6-8-4-2-1-3-5-8/h1-5H,6-7,12H2,(H,16,17,18). The number of carbonyl (C=O) groups is 2.